The molecule has 132 valence electrons. The molecule has 0 aromatic heterocycles. The Morgan fingerprint density at radius 2 is 1.75 bits per heavy atom. The van der Waals surface area contributed by atoms with Crippen LogP contribution in [0.1, 0.15) is 40.5 Å². The molecule has 1 aromatic rings. The number of carbonyl (C=O) groups excluding carboxylic acids is 2. The molecular formula is C18H27N3O3. The van der Waals surface area contributed by atoms with Gasteiger partial charge in [-0.05, 0) is 52.7 Å². The summed E-state index contributed by atoms with van der Waals surface area (Å²) in [7, 11) is 1.55. The Hall–Kier alpha value is -2.08. The molecular weight excluding hydrogens is 306 g/mol. The minimum absolute atomic E-state index is 0.0418. The molecule has 1 aliphatic heterocycles. The van der Waals surface area contributed by atoms with Gasteiger partial charge in [0.2, 0.25) is 0 Å². The molecule has 0 unspecified atom stereocenters. The third-order valence-corrected chi connectivity index (χ3v) is 4.06. The van der Waals surface area contributed by atoms with E-state index in [2.05, 4.69) is 43.6 Å². The first-order valence-corrected chi connectivity index (χ1v) is 8.15. The summed E-state index contributed by atoms with van der Waals surface area (Å²) >= 11 is 0. The second-order valence-electron chi connectivity index (χ2n) is 7.66. The summed E-state index contributed by atoms with van der Waals surface area (Å²) in [6, 6.07) is 6.87. The number of anilines is 1. The van der Waals surface area contributed by atoms with E-state index in [4.69, 9.17) is 4.74 Å². The number of benzene rings is 1. The monoisotopic (exact) mass is 333 g/mol. The van der Waals surface area contributed by atoms with Crippen LogP contribution in [0.15, 0.2) is 24.3 Å². The highest BCUT2D eigenvalue weighted by Crippen LogP contribution is 2.28. The molecule has 1 aromatic carbocycles. The van der Waals surface area contributed by atoms with Gasteiger partial charge in [-0.2, -0.15) is 0 Å². The Kier molecular flexibility index (Phi) is 5.18. The van der Waals surface area contributed by atoms with Crippen LogP contribution in [0.4, 0.5) is 5.69 Å². The number of hydrogen-bond donors (Lipinski definition) is 3. The summed E-state index contributed by atoms with van der Waals surface area (Å²) in [5, 5.41) is 9.01. The molecule has 1 aliphatic rings. The molecule has 0 saturated carbocycles. The first-order valence-electron chi connectivity index (χ1n) is 8.15. The largest absolute Gasteiger partial charge is 0.497 e. The van der Waals surface area contributed by atoms with Gasteiger partial charge in [0.05, 0.1) is 7.11 Å². The topological polar surface area (TPSA) is 79.5 Å². The number of hydrogen-bond acceptors (Lipinski definition) is 4. The van der Waals surface area contributed by atoms with Crippen LogP contribution in [0.2, 0.25) is 0 Å². The molecule has 2 amide bonds. The lowest BCUT2D eigenvalue weighted by Gasteiger charge is -2.46. The van der Waals surface area contributed by atoms with Gasteiger partial charge >= 0.3 is 11.8 Å². The zero-order valence-electron chi connectivity index (χ0n) is 15.0. The number of carbonyl (C=O) groups is 2. The molecule has 3 N–H and O–H groups in total. The van der Waals surface area contributed by atoms with Gasteiger partial charge in [0.15, 0.2) is 0 Å². The second-order valence-corrected chi connectivity index (χ2v) is 7.66. The van der Waals surface area contributed by atoms with Gasteiger partial charge in [-0.25, -0.2) is 0 Å². The summed E-state index contributed by atoms with van der Waals surface area (Å²) in [6.45, 7) is 8.40. The van der Waals surface area contributed by atoms with Crippen molar-refractivity contribution in [2.24, 2.45) is 0 Å². The molecule has 6 nitrogen and oxygen atoms in total. The summed E-state index contributed by atoms with van der Waals surface area (Å²) in [5.74, 6) is -0.663. The molecule has 6 heteroatoms. The van der Waals surface area contributed by atoms with E-state index >= 15 is 0 Å². The molecule has 0 aliphatic carbocycles. The van der Waals surface area contributed by atoms with Crippen molar-refractivity contribution in [3.8, 4) is 5.75 Å². The van der Waals surface area contributed by atoms with Crippen molar-refractivity contribution in [1.29, 1.82) is 0 Å². The van der Waals surface area contributed by atoms with E-state index in [1.54, 1.807) is 31.4 Å². The SMILES string of the molecule is COc1cccc(NC(=O)C(=O)NC2CC(C)(C)NC(C)(C)C2)c1. The molecule has 1 fully saturated rings. The van der Waals surface area contributed by atoms with Gasteiger partial charge in [0, 0.05) is 28.9 Å². The summed E-state index contributed by atoms with van der Waals surface area (Å²) < 4.78 is 5.11. The maximum absolute atomic E-state index is 12.2. The summed E-state index contributed by atoms with van der Waals surface area (Å²) in [6.07, 6.45) is 1.54. The number of nitrogens with one attached hydrogen (secondary N) is 3. The zero-order chi connectivity index (χ0) is 18.0. The van der Waals surface area contributed by atoms with Gasteiger partial charge in [-0.15, -0.1) is 0 Å². The number of piperidine rings is 1. The van der Waals surface area contributed by atoms with Crippen LogP contribution < -0.4 is 20.7 Å². The first kappa shape index (κ1) is 18.3. The van der Waals surface area contributed by atoms with Crippen LogP contribution in [0, 0.1) is 0 Å². The average Bonchev–Trinajstić information content (AvgIpc) is 2.43. The maximum atomic E-state index is 12.2. The lowest BCUT2D eigenvalue weighted by Crippen LogP contribution is -2.62. The minimum Gasteiger partial charge on any atom is -0.497 e. The van der Waals surface area contributed by atoms with Crippen molar-refractivity contribution in [2.75, 3.05) is 12.4 Å². The molecule has 0 radical (unpaired) electrons. The van der Waals surface area contributed by atoms with Crippen molar-refractivity contribution in [3.05, 3.63) is 24.3 Å². The normalized spacial score (nSPS) is 19.4. The second kappa shape index (κ2) is 6.81. The first-order chi connectivity index (χ1) is 11.1. The maximum Gasteiger partial charge on any atom is 0.313 e. The number of ether oxygens (including phenoxy) is 1. The number of amides is 2. The molecule has 0 spiro atoms. The smallest absolute Gasteiger partial charge is 0.313 e. The highest BCUT2D eigenvalue weighted by Gasteiger charge is 2.38. The Morgan fingerprint density at radius 1 is 1.12 bits per heavy atom. The van der Waals surface area contributed by atoms with Crippen molar-refractivity contribution >= 4 is 17.5 Å². The Bertz CT molecular complexity index is 610. The van der Waals surface area contributed by atoms with Gasteiger partial charge in [0.1, 0.15) is 5.75 Å². The van der Waals surface area contributed by atoms with E-state index in [0.717, 1.165) is 12.8 Å². The Balaban J connectivity index is 1.97. The minimum atomic E-state index is -0.669. The van der Waals surface area contributed by atoms with E-state index in [-0.39, 0.29) is 17.1 Å². The lowest BCUT2D eigenvalue weighted by molar-refractivity contribution is -0.137. The van der Waals surface area contributed by atoms with E-state index in [9.17, 15) is 9.59 Å². The molecule has 2 rings (SSSR count). The van der Waals surface area contributed by atoms with Crippen LogP contribution in [-0.2, 0) is 9.59 Å². The van der Waals surface area contributed by atoms with E-state index in [0.29, 0.717) is 11.4 Å². The molecule has 0 atom stereocenters. The van der Waals surface area contributed by atoms with Crippen molar-refractivity contribution < 1.29 is 14.3 Å². The quantitative estimate of drug-likeness (QED) is 0.740. The summed E-state index contributed by atoms with van der Waals surface area (Å²) in [4.78, 5) is 24.3. The fourth-order valence-electron chi connectivity index (χ4n) is 3.56. The number of methoxy groups -OCH3 is 1. The van der Waals surface area contributed by atoms with E-state index in [1.807, 2.05) is 0 Å². The predicted octanol–water partition coefficient (Wildman–Crippen LogP) is 2.06. The predicted molar refractivity (Wildman–Crippen MR) is 94.1 cm³/mol. The standard InChI is InChI=1S/C18H27N3O3/c1-17(2)10-13(11-18(3,4)21-17)20-16(23)15(22)19-12-7-6-8-14(9-12)24-5/h6-9,13,21H,10-11H2,1-5H3,(H,19,22)(H,20,23). The van der Waals surface area contributed by atoms with Crippen LogP contribution >= 0.6 is 0 Å². The highest BCUT2D eigenvalue weighted by molar-refractivity contribution is 6.39. The average molecular weight is 333 g/mol. The molecule has 1 heterocycles. The van der Waals surface area contributed by atoms with E-state index < -0.39 is 11.8 Å². The van der Waals surface area contributed by atoms with Gasteiger partial charge < -0.3 is 20.7 Å². The zero-order valence-corrected chi connectivity index (χ0v) is 15.0. The van der Waals surface area contributed by atoms with Gasteiger partial charge in [-0.1, -0.05) is 6.07 Å². The van der Waals surface area contributed by atoms with Crippen LogP contribution in [0.25, 0.3) is 0 Å². The van der Waals surface area contributed by atoms with Gasteiger partial charge in [0.25, 0.3) is 0 Å². The molecule has 1 saturated heterocycles. The fraction of sp³-hybridized carbons (Fsp3) is 0.556. The third kappa shape index (κ3) is 4.96. The van der Waals surface area contributed by atoms with Crippen LogP contribution in [-0.4, -0.2) is 36.0 Å². The molecule has 0 bridgehead atoms. The molecule has 24 heavy (non-hydrogen) atoms. The summed E-state index contributed by atoms with van der Waals surface area (Å²) in [5.41, 5.74) is 0.340. The van der Waals surface area contributed by atoms with Gasteiger partial charge in [-0.3, -0.25) is 9.59 Å². The lowest BCUT2D eigenvalue weighted by atomic mass is 9.79. The third-order valence-electron chi connectivity index (χ3n) is 4.06. The van der Waals surface area contributed by atoms with Crippen LogP contribution in [0.3, 0.4) is 0 Å². The van der Waals surface area contributed by atoms with Crippen molar-refractivity contribution in [1.82, 2.24) is 10.6 Å². The number of rotatable bonds is 3. The Morgan fingerprint density at radius 3 is 2.33 bits per heavy atom. The Labute approximate surface area is 143 Å². The van der Waals surface area contributed by atoms with Crippen LogP contribution in [0.5, 0.6) is 5.75 Å². The highest BCUT2D eigenvalue weighted by atomic mass is 16.5. The fourth-order valence-corrected chi connectivity index (χ4v) is 3.56. The van der Waals surface area contributed by atoms with Crippen molar-refractivity contribution in [3.63, 3.8) is 0 Å². The van der Waals surface area contributed by atoms with E-state index in [1.165, 1.54) is 0 Å². The van der Waals surface area contributed by atoms with Crippen molar-refractivity contribution in [2.45, 2.75) is 57.7 Å².